The molecule has 0 aliphatic heterocycles. The molecule has 0 unspecified atom stereocenters. The predicted molar refractivity (Wildman–Crippen MR) is 35.2 cm³/mol. The van der Waals surface area contributed by atoms with E-state index in [1.165, 1.54) is 13.8 Å². The molecule has 0 amide bonds. The van der Waals surface area contributed by atoms with Crippen LogP contribution in [0.1, 0.15) is 13.8 Å². The van der Waals surface area contributed by atoms with Gasteiger partial charge in [-0.3, -0.25) is 10.8 Å². The van der Waals surface area contributed by atoms with Crippen LogP contribution >= 0.6 is 0 Å². The van der Waals surface area contributed by atoms with Gasteiger partial charge in [0.15, 0.2) is 0 Å². The number of nitrogens with one attached hydrogen (secondary N) is 2. The first-order valence-electron chi connectivity index (χ1n) is 2.08. The first-order valence-corrected chi connectivity index (χ1v) is 2.08. The number of amidine groups is 2. The molecule has 0 bridgehead atoms. The van der Waals surface area contributed by atoms with Gasteiger partial charge in [0.2, 0.25) is 0 Å². The molecule has 0 atom stereocenters. The van der Waals surface area contributed by atoms with Crippen LogP contribution in [-0.4, -0.2) is 11.7 Å². The van der Waals surface area contributed by atoms with Crippen LogP contribution in [0, 0.1) is 10.8 Å². The van der Waals surface area contributed by atoms with Crippen molar-refractivity contribution in [3.63, 3.8) is 0 Å². The van der Waals surface area contributed by atoms with Gasteiger partial charge in [-0.25, -0.2) is 0 Å². The van der Waals surface area contributed by atoms with E-state index in [4.69, 9.17) is 22.3 Å². The fourth-order valence-electron chi connectivity index (χ4n) is 0. The zero-order valence-electron chi connectivity index (χ0n) is 5.65. The second kappa shape index (κ2) is 10.6. The predicted octanol–water partition coefficient (Wildman–Crippen LogP) is -0.118. The van der Waals surface area contributed by atoms with Gasteiger partial charge in [0.25, 0.3) is 0 Å². The van der Waals surface area contributed by atoms with E-state index in [1.54, 1.807) is 0 Å². The van der Waals surface area contributed by atoms with Crippen LogP contribution in [0.4, 0.5) is 0 Å². The molecule has 5 heteroatoms. The van der Waals surface area contributed by atoms with Gasteiger partial charge in [0.05, 0.1) is 11.7 Å². The maximum absolute atomic E-state index is 6.28. The molecule has 0 aromatic carbocycles. The third kappa shape index (κ3) is 2050. The molecule has 0 saturated carbocycles. The summed E-state index contributed by atoms with van der Waals surface area (Å²) in [5, 5.41) is 12.6. The second-order valence-corrected chi connectivity index (χ2v) is 1.37. The van der Waals surface area contributed by atoms with Gasteiger partial charge in [0, 0.05) is 21.7 Å². The van der Waals surface area contributed by atoms with Crippen LogP contribution in [0.3, 0.4) is 0 Å². The molecular formula is C4H12N4Ti. The van der Waals surface area contributed by atoms with Gasteiger partial charge in [-0.2, -0.15) is 0 Å². The second-order valence-electron chi connectivity index (χ2n) is 1.37. The average molecular weight is 164 g/mol. The molecule has 0 aromatic rings. The van der Waals surface area contributed by atoms with Crippen molar-refractivity contribution < 1.29 is 21.7 Å². The monoisotopic (exact) mass is 164 g/mol. The molecule has 0 radical (unpaired) electrons. The first kappa shape index (κ1) is 15.9. The standard InChI is InChI=1S/2C2H6N2.Ti/c2*1-2(3)4;/h2*1H3,(H3,3,4);. The van der Waals surface area contributed by atoms with Crippen molar-refractivity contribution in [3.8, 4) is 0 Å². The van der Waals surface area contributed by atoms with Crippen molar-refractivity contribution in [3.05, 3.63) is 0 Å². The topological polar surface area (TPSA) is 99.7 Å². The molecule has 4 nitrogen and oxygen atoms in total. The molecule has 0 heterocycles. The molecule has 0 aromatic heterocycles. The van der Waals surface area contributed by atoms with Gasteiger partial charge in [-0.05, 0) is 13.8 Å². The summed E-state index contributed by atoms with van der Waals surface area (Å²) in [7, 11) is 0. The molecule has 52 valence electrons. The number of hydrogen-bond acceptors (Lipinski definition) is 2. The summed E-state index contributed by atoms with van der Waals surface area (Å²) in [6.07, 6.45) is 0. The van der Waals surface area contributed by atoms with E-state index in [-0.39, 0.29) is 33.4 Å². The van der Waals surface area contributed by atoms with Crippen LogP contribution < -0.4 is 11.5 Å². The number of nitrogens with two attached hydrogens (primary N) is 2. The van der Waals surface area contributed by atoms with Crippen molar-refractivity contribution >= 4 is 11.7 Å². The minimum Gasteiger partial charge on any atom is -0.388 e. The third-order valence-corrected chi connectivity index (χ3v) is 0. The maximum Gasteiger partial charge on any atom is 0.0873 e. The van der Waals surface area contributed by atoms with E-state index in [1.807, 2.05) is 0 Å². The molecule has 0 aliphatic carbocycles. The van der Waals surface area contributed by atoms with Gasteiger partial charge in [-0.1, -0.05) is 0 Å². The summed E-state index contributed by atoms with van der Waals surface area (Å²) in [5.41, 5.74) is 9.39. The van der Waals surface area contributed by atoms with Crippen LogP contribution in [0.25, 0.3) is 0 Å². The van der Waals surface area contributed by atoms with Gasteiger partial charge in [0.1, 0.15) is 0 Å². The first-order chi connectivity index (χ1) is 3.46. The molecule has 0 spiro atoms. The molecular weight excluding hydrogens is 152 g/mol. The average Bonchev–Trinajstić information content (AvgIpc) is 1.25. The number of rotatable bonds is 0. The van der Waals surface area contributed by atoms with Crippen LogP contribution in [-0.2, 0) is 21.7 Å². The Morgan fingerprint density at radius 1 is 1.00 bits per heavy atom. The van der Waals surface area contributed by atoms with Gasteiger partial charge < -0.3 is 11.5 Å². The fraction of sp³-hybridized carbons (Fsp3) is 0.500. The van der Waals surface area contributed by atoms with Crippen LogP contribution in [0.2, 0.25) is 0 Å². The third-order valence-electron chi connectivity index (χ3n) is 0. The zero-order chi connectivity index (χ0) is 7.15. The van der Waals surface area contributed by atoms with E-state index in [2.05, 4.69) is 0 Å². The SMILES string of the molecule is CC(=N)N.CC(=N)N.[Ti]. The van der Waals surface area contributed by atoms with Crippen molar-refractivity contribution in [1.82, 2.24) is 0 Å². The minimum atomic E-state index is 0. The molecule has 9 heavy (non-hydrogen) atoms. The Bertz CT molecular complexity index is 70.6. The van der Waals surface area contributed by atoms with Crippen molar-refractivity contribution in [1.29, 1.82) is 10.8 Å². The molecule has 0 saturated heterocycles. The quantitative estimate of drug-likeness (QED) is 0.228. The molecule has 6 N–H and O–H groups in total. The molecule has 0 fully saturated rings. The summed E-state index contributed by atoms with van der Waals surface area (Å²) >= 11 is 0. The maximum atomic E-state index is 6.28. The summed E-state index contributed by atoms with van der Waals surface area (Å²) in [5.74, 6) is 0.333. The van der Waals surface area contributed by atoms with E-state index in [0.717, 1.165) is 0 Å². The molecule has 0 aliphatic rings. The Balaban J connectivity index is -0.0000000720. The summed E-state index contributed by atoms with van der Waals surface area (Å²) in [4.78, 5) is 0. The van der Waals surface area contributed by atoms with E-state index in [0.29, 0.717) is 0 Å². The van der Waals surface area contributed by atoms with Crippen molar-refractivity contribution in [2.24, 2.45) is 11.5 Å². The summed E-state index contributed by atoms with van der Waals surface area (Å²) < 4.78 is 0. The Kier molecular flexibility index (Phi) is 18.7. The number of hydrogen-bond donors (Lipinski definition) is 4. The Labute approximate surface area is 69.9 Å². The Morgan fingerprint density at radius 3 is 1.00 bits per heavy atom. The smallest absolute Gasteiger partial charge is 0.0873 e. The van der Waals surface area contributed by atoms with Crippen molar-refractivity contribution in [2.75, 3.05) is 0 Å². The van der Waals surface area contributed by atoms with E-state index < -0.39 is 0 Å². The van der Waals surface area contributed by atoms with Crippen molar-refractivity contribution in [2.45, 2.75) is 13.8 Å². The fourth-order valence-corrected chi connectivity index (χ4v) is 0. The Hall–Kier alpha value is -0.346. The van der Waals surface area contributed by atoms with Gasteiger partial charge >= 0.3 is 0 Å². The van der Waals surface area contributed by atoms with E-state index >= 15 is 0 Å². The summed E-state index contributed by atoms with van der Waals surface area (Å²) in [6, 6.07) is 0. The summed E-state index contributed by atoms with van der Waals surface area (Å²) in [6.45, 7) is 3.06. The normalized spacial score (nSPS) is 5.56. The minimum absolute atomic E-state index is 0. The van der Waals surface area contributed by atoms with Crippen LogP contribution in [0.5, 0.6) is 0 Å². The molecule has 0 rings (SSSR count). The zero-order valence-corrected chi connectivity index (χ0v) is 7.22. The largest absolute Gasteiger partial charge is 0.388 e. The van der Waals surface area contributed by atoms with Gasteiger partial charge in [-0.15, -0.1) is 0 Å². The Morgan fingerprint density at radius 2 is 1.00 bits per heavy atom. The van der Waals surface area contributed by atoms with Crippen LogP contribution in [0.15, 0.2) is 0 Å². The van der Waals surface area contributed by atoms with E-state index in [9.17, 15) is 0 Å².